The number of carbonyl (C=O) groups is 1. The normalized spacial score (nSPS) is 11.8. The van der Waals surface area contributed by atoms with Gasteiger partial charge in [-0.25, -0.2) is 0 Å². The Kier molecular flexibility index (Phi) is 7.23. The van der Waals surface area contributed by atoms with E-state index in [4.69, 9.17) is 10.8 Å². The van der Waals surface area contributed by atoms with Gasteiger partial charge in [0.2, 0.25) is 5.91 Å². The third-order valence-electron chi connectivity index (χ3n) is 3.98. The average molecular weight is 370 g/mol. The molecule has 0 saturated heterocycles. The Morgan fingerprint density at radius 1 is 0.815 bits per heavy atom. The van der Waals surface area contributed by atoms with Gasteiger partial charge in [0.15, 0.2) is 0 Å². The van der Waals surface area contributed by atoms with Gasteiger partial charge in [-0.3, -0.25) is 4.79 Å². The van der Waals surface area contributed by atoms with E-state index in [-0.39, 0.29) is 16.6 Å². The van der Waals surface area contributed by atoms with Gasteiger partial charge in [-0.1, -0.05) is 59.7 Å². The molecule has 0 aromatic heterocycles. The number of aromatic hydroxyl groups is 2. The van der Waals surface area contributed by atoms with E-state index in [0.29, 0.717) is 5.75 Å². The Balaban J connectivity index is 0.000000277. The number of amides is 1. The number of phenols is 2. The standard InChI is InChI=1S/C14H22O.C9H9NO2/c1-13(2,3)10-7-11(14(4,5)6)9-12(15)8-10;10-9(12)6-3-7-1-4-8(11)5-2-7/h7-9,15H,1-6H3;1-6,11H,(H2,10,12). The summed E-state index contributed by atoms with van der Waals surface area (Å²) in [4.78, 5) is 10.3. The molecule has 0 fully saturated rings. The minimum absolute atomic E-state index is 0.0821. The monoisotopic (exact) mass is 369 g/mol. The van der Waals surface area contributed by atoms with E-state index in [1.165, 1.54) is 17.2 Å². The molecule has 2 aromatic carbocycles. The topological polar surface area (TPSA) is 83.5 Å². The smallest absolute Gasteiger partial charge is 0.241 e. The summed E-state index contributed by atoms with van der Waals surface area (Å²) in [5.41, 5.74) is 8.26. The molecule has 4 nitrogen and oxygen atoms in total. The van der Waals surface area contributed by atoms with Gasteiger partial charge < -0.3 is 15.9 Å². The zero-order chi connectivity index (χ0) is 20.8. The van der Waals surface area contributed by atoms with E-state index < -0.39 is 5.91 Å². The van der Waals surface area contributed by atoms with Crippen LogP contribution in [0.15, 0.2) is 48.5 Å². The fraction of sp³-hybridized carbons (Fsp3) is 0.348. The van der Waals surface area contributed by atoms with Crippen LogP contribution in [0.5, 0.6) is 11.5 Å². The van der Waals surface area contributed by atoms with Crippen molar-refractivity contribution in [1.82, 2.24) is 0 Å². The molecule has 0 spiro atoms. The molecule has 4 heteroatoms. The summed E-state index contributed by atoms with van der Waals surface area (Å²) >= 11 is 0. The minimum Gasteiger partial charge on any atom is -0.508 e. The molecule has 0 aliphatic heterocycles. The number of nitrogens with two attached hydrogens (primary N) is 1. The van der Waals surface area contributed by atoms with Crippen LogP contribution in [-0.4, -0.2) is 16.1 Å². The highest BCUT2D eigenvalue weighted by Crippen LogP contribution is 2.32. The Morgan fingerprint density at radius 3 is 1.63 bits per heavy atom. The summed E-state index contributed by atoms with van der Waals surface area (Å²) in [6.07, 6.45) is 2.86. The van der Waals surface area contributed by atoms with E-state index >= 15 is 0 Å². The highest BCUT2D eigenvalue weighted by molar-refractivity contribution is 5.90. The lowest BCUT2D eigenvalue weighted by molar-refractivity contribution is -0.113. The number of rotatable bonds is 2. The van der Waals surface area contributed by atoms with Crippen LogP contribution in [0.25, 0.3) is 6.08 Å². The number of hydrogen-bond donors (Lipinski definition) is 3. The van der Waals surface area contributed by atoms with E-state index in [9.17, 15) is 9.90 Å². The van der Waals surface area contributed by atoms with E-state index in [1.807, 2.05) is 12.1 Å². The first-order valence-corrected chi connectivity index (χ1v) is 8.90. The maximum absolute atomic E-state index is 10.3. The summed E-state index contributed by atoms with van der Waals surface area (Å²) < 4.78 is 0. The highest BCUT2D eigenvalue weighted by Gasteiger charge is 2.20. The van der Waals surface area contributed by atoms with Crippen molar-refractivity contribution < 1.29 is 15.0 Å². The van der Waals surface area contributed by atoms with Crippen LogP contribution in [0.1, 0.15) is 58.2 Å². The van der Waals surface area contributed by atoms with Crippen molar-refractivity contribution in [2.45, 2.75) is 52.4 Å². The predicted molar refractivity (Wildman–Crippen MR) is 112 cm³/mol. The summed E-state index contributed by atoms with van der Waals surface area (Å²) in [6.45, 7) is 13.0. The lowest BCUT2D eigenvalue weighted by Gasteiger charge is -2.25. The number of benzene rings is 2. The van der Waals surface area contributed by atoms with Gasteiger partial charge in [0.25, 0.3) is 0 Å². The van der Waals surface area contributed by atoms with Crippen molar-refractivity contribution in [3.05, 3.63) is 65.2 Å². The Hall–Kier alpha value is -2.75. The summed E-state index contributed by atoms with van der Waals surface area (Å²) in [5.74, 6) is 0.0849. The van der Waals surface area contributed by atoms with Gasteiger partial charge in [0.05, 0.1) is 0 Å². The van der Waals surface area contributed by atoms with Crippen LogP contribution in [0.4, 0.5) is 0 Å². The van der Waals surface area contributed by atoms with Gasteiger partial charge in [-0.05, 0) is 57.9 Å². The van der Waals surface area contributed by atoms with Crippen LogP contribution >= 0.6 is 0 Å². The van der Waals surface area contributed by atoms with Crippen molar-refractivity contribution in [1.29, 1.82) is 0 Å². The molecule has 1 amide bonds. The van der Waals surface area contributed by atoms with Gasteiger partial charge >= 0.3 is 0 Å². The predicted octanol–water partition coefficient (Wildman–Crippen LogP) is 4.88. The molecule has 0 aliphatic rings. The Bertz CT molecular complexity index is 760. The summed E-state index contributed by atoms with van der Waals surface area (Å²) in [7, 11) is 0. The first-order valence-electron chi connectivity index (χ1n) is 8.90. The molecule has 0 heterocycles. The molecule has 2 rings (SSSR count). The second-order valence-electron chi connectivity index (χ2n) is 8.60. The molecule has 0 aliphatic carbocycles. The van der Waals surface area contributed by atoms with Crippen LogP contribution in [0.3, 0.4) is 0 Å². The third kappa shape index (κ3) is 7.99. The lowest BCUT2D eigenvalue weighted by atomic mass is 9.80. The zero-order valence-corrected chi connectivity index (χ0v) is 17.1. The molecule has 146 valence electrons. The zero-order valence-electron chi connectivity index (χ0n) is 17.1. The molecule has 0 atom stereocenters. The molecule has 0 radical (unpaired) electrons. The Morgan fingerprint density at radius 2 is 1.26 bits per heavy atom. The van der Waals surface area contributed by atoms with E-state index in [2.05, 4.69) is 47.6 Å². The van der Waals surface area contributed by atoms with Crippen molar-refractivity contribution in [2.24, 2.45) is 5.73 Å². The molecule has 0 saturated carbocycles. The third-order valence-corrected chi connectivity index (χ3v) is 3.98. The van der Waals surface area contributed by atoms with Crippen LogP contribution < -0.4 is 5.73 Å². The van der Waals surface area contributed by atoms with Gasteiger partial charge in [0.1, 0.15) is 11.5 Å². The van der Waals surface area contributed by atoms with Crippen LogP contribution in [-0.2, 0) is 15.6 Å². The molecule has 27 heavy (non-hydrogen) atoms. The number of hydrogen-bond acceptors (Lipinski definition) is 3. The maximum Gasteiger partial charge on any atom is 0.241 e. The second kappa shape index (κ2) is 8.76. The van der Waals surface area contributed by atoms with Crippen LogP contribution in [0.2, 0.25) is 0 Å². The number of primary amides is 1. The number of phenolic OH excluding ortho intramolecular Hbond substituents is 2. The molecule has 0 unspecified atom stereocenters. The minimum atomic E-state index is -0.483. The first kappa shape index (κ1) is 22.3. The van der Waals surface area contributed by atoms with Crippen molar-refractivity contribution in [3.63, 3.8) is 0 Å². The summed E-state index contributed by atoms with van der Waals surface area (Å²) in [6, 6.07) is 12.4. The van der Waals surface area contributed by atoms with Crippen molar-refractivity contribution in [2.75, 3.05) is 0 Å². The fourth-order valence-electron chi connectivity index (χ4n) is 2.24. The van der Waals surface area contributed by atoms with Crippen molar-refractivity contribution in [3.8, 4) is 11.5 Å². The van der Waals surface area contributed by atoms with Gasteiger partial charge in [0, 0.05) is 6.08 Å². The average Bonchev–Trinajstić information content (AvgIpc) is 2.52. The second-order valence-corrected chi connectivity index (χ2v) is 8.60. The summed E-state index contributed by atoms with van der Waals surface area (Å²) in [5, 5.41) is 18.6. The largest absolute Gasteiger partial charge is 0.508 e. The number of carbonyl (C=O) groups excluding carboxylic acids is 1. The quantitative estimate of drug-likeness (QED) is 0.660. The molecular weight excluding hydrogens is 338 g/mol. The van der Waals surface area contributed by atoms with Gasteiger partial charge in [-0.15, -0.1) is 0 Å². The SMILES string of the molecule is CC(C)(C)c1cc(O)cc(C(C)(C)C)c1.NC(=O)C=Cc1ccc(O)cc1. The fourth-order valence-corrected chi connectivity index (χ4v) is 2.24. The molecule has 4 N–H and O–H groups in total. The lowest BCUT2D eigenvalue weighted by Crippen LogP contribution is -2.15. The molecular formula is C23H31NO3. The molecule has 2 aromatic rings. The first-order chi connectivity index (χ1) is 12.3. The van der Waals surface area contributed by atoms with Crippen LogP contribution in [0, 0.1) is 0 Å². The van der Waals surface area contributed by atoms with Crippen molar-refractivity contribution >= 4 is 12.0 Å². The molecule has 0 bridgehead atoms. The maximum atomic E-state index is 10.3. The van der Waals surface area contributed by atoms with E-state index in [1.54, 1.807) is 30.3 Å². The van der Waals surface area contributed by atoms with Gasteiger partial charge in [-0.2, -0.15) is 0 Å². The van der Waals surface area contributed by atoms with E-state index in [0.717, 1.165) is 5.56 Å². The Labute approximate surface area is 162 Å². The highest BCUT2D eigenvalue weighted by atomic mass is 16.3.